The molecule has 0 aliphatic heterocycles. The molecule has 0 spiro atoms. The van der Waals surface area contributed by atoms with Crippen LogP contribution in [0.4, 0.5) is 5.69 Å². The number of hydrogen-bond acceptors (Lipinski definition) is 5. The van der Waals surface area contributed by atoms with Gasteiger partial charge in [0.05, 0.1) is 7.11 Å². The summed E-state index contributed by atoms with van der Waals surface area (Å²) < 4.78 is 10.4. The number of hydrogen-bond donors (Lipinski definition) is 1. The van der Waals surface area contributed by atoms with Gasteiger partial charge >= 0.3 is 5.97 Å². The molecule has 0 radical (unpaired) electrons. The van der Waals surface area contributed by atoms with Crippen LogP contribution in [0.15, 0.2) is 30.3 Å². The number of carbonyl (C=O) groups is 1. The maximum Gasteiger partial charge on any atom is 0.344 e. The summed E-state index contributed by atoms with van der Waals surface area (Å²) in [5, 5.41) is 0. The maximum absolute atomic E-state index is 12.1. The summed E-state index contributed by atoms with van der Waals surface area (Å²) in [6, 6.07) is 9.10. The van der Waals surface area contributed by atoms with Crippen molar-refractivity contribution in [3.05, 3.63) is 45.6 Å². The molecule has 1 heterocycles. The van der Waals surface area contributed by atoms with Crippen LogP contribution in [0.5, 0.6) is 5.75 Å². The Kier molecular flexibility index (Phi) is 4.63. The Morgan fingerprint density at radius 1 is 1.25 bits per heavy atom. The van der Waals surface area contributed by atoms with Crippen molar-refractivity contribution >= 4 is 23.0 Å². The first-order valence-electron chi connectivity index (χ1n) is 6.33. The molecule has 4 nitrogen and oxygen atoms in total. The average Bonchev–Trinajstić information content (AvgIpc) is 2.92. The first-order valence-corrected chi connectivity index (χ1v) is 7.14. The Labute approximate surface area is 122 Å². The molecule has 0 amide bonds. The SMILES string of the molecule is CCc1ccc(COC(=O)c2c(N)cccc2OC)s1. The molecule has 0 bridgehead atoms. The molecule has 0 fully saturated rings. The van der Waals surface area contributed by atoms with Crippen molar-refractivity contribution in [1.82, 2.24) is 0 Å². The van der Waals surface area contributed by atoms with Gasteiger partial charge in [0.15, 0.2) is 0 Å². The van der Waals surface area contributed by atoms with E-state index in [9.17, 15) is 4.79 Å². The van der Waals surface area contributed by atoms with Crippen LogP contribution in [-0.4, -0.2) is 13.1 Å². The van der Waals surface area contributed by atoms with Gasteiger partial charge in [0.2, 0.25) is 0 Å². The number of thiophene rings is 1. The normalized spacial score (nSPS) is 10.3. The highest BCUT2D eigenvalue weighted by molar-refractivity contribution is 7.11. The highest BCUT2D eigenvalue weighted by Crippen LogP contribution is 2.26. The number of esters is 1. The van der Waals surface area contributed by atoms with Gasteiger partial charge in [-0.25, -0.2) is 4.79 Å². The number of anilines is 1. The molecule has 106 valence electrons. The lowest BCUT2D eigenvalue weighted by Crippen LogP contribution is -2.09. The van der Waals surface area contributed by atoms with Crippen LogP contribution in [0.3, 0.4) is 0 Å². The topological polar surface area (TPSA) is 61.5 Å². The predicted molar refractivity (Wildman–Crippen MR) is 80.2 cm³/mol. The lowest BCUT2D eigenvalue weighted by Gasteiger charge is -2.10. The Bertz CT molecular complexity index is 607. The van der Waals surface area contributed by atoms with Gasteiger partial charge in [-0.2, -0.15) is 0 Å². The summed E-state index contributed by atoms with van der Waals surface area (Å²) in [4.78, 5) is 14.4. The number of nitrogens with two attached hydrogens (primary N) is 1. The number of methoxy groups -OCH3 is 1. The Morgan fingerprint density at radius 2 is 2.00 bits per heavy atom. The van der Waals surface area contributed by atoms with Gasteiger partial charge in [-0.3, -0.25) is 0 Å². The number of aryl methyl sites for hydroxylation is 1. The molecule has 5 heteroatoms. The van der Waals surface area contributed by atoms with E-state index in [4.69, 9.17) is 15.2 Å². The van der Waals surface area contributed by atoms with Gasteiger partial charge in [0, 0.05) is 15.4 Å². The second kappa shape index (κ2) is 6.43. The Morgan fingerprint density at radius 3 is 2.65 bits per heavy atom. The molecule has 2 aromatic rings. The van der Waals surface area contributed by atoms with E-state index in [2.05, 4.69) is 6.92 Å². The summed E-state index contributed by atoms with van der Waals surface area (Å²) >= 11 is 1.64. The molecule has 0 atom stereocenters. The minimum atomic E-state index is -0.466. The third-order valence-corrected chi connectivity index (χ3v) is 4.10. The number of ether oxygens (including phenoxy) is 2. The van der Waals surface area contributed by atoms with E-state index in [-0.39, 0.29) is 12.2 Å². The zero-order valence-electron chi connectivity index (χ0n) is 11.5. The van der Waals surface area contributed by atoms with E-state index in [1.807, 2.05) is 12.1 Å². The largest absolute Gasteiger partial charge is 0.496 e. The number of rotatable bonds is 5. The van der Waals surface area contributed by atoms with Crippen LogP contribution in [0, 0.1) is 0 Å². The molecule has 2 N–H and O–H groups in total. The standard InChI is InChI=1S/C15H17NO3S/c1-3-10-7-8-11(20-10)9-19-15(17)14-12(16)5-4-6-13(14)18-2/h4-8H,3,9,16H2,1-2H3. The van der Waals surface area contributed by atoms with Crippen molar-refractivity contribution in [2.45, 2.75) is 20.0 Å². The smallest absolute Gasteiger partial charge is 0.344 e. The average molecular weight is 291 g/mol. The molecular formula is C15H17NO3S. The zero-order chi connectivity index (χ0) is 14.5. The number of carbonyl (C=O) groups excluding carboxylic acids is 1. The molecule has 2 rings (SSSR count). The second-order valence-corrected chi connectivity index (χ2v) is 5.48. The minimum Gasteiger partial charge on any atom is -0.496 e. The van der Waals surface area contributed by atoms with Crippen molar-refractivity contribution < 1.29 is 14.3 Å². The molecular weight excluding hydrogens is 274 g/mol. The van der Waals surface area contributed by atoms with Gasteiger partial charge in [-0.05, 0) is 30.7 Å². The van der Waals surface area contributed by atoms with Gasteiger partial charge in [-0.15, -0.1) is 11.3 Å². The summed E-state index contributed by atoms with van der Waals surface area (Å²) in [5.74, 6) is -0.0400. The van der Waals surface area contributed by atoms with E-state index in [1.54, 1.807) is 29.5 Å². The van der Waals surface area contributed by atoms with E-state index in [0.717, 1.165) is 11.3 Å². The lowest BCUT2D eigenvalue weighted by atomic mass is 10.1. The van der Waals surface area contributed by atoms with E-state index in [0.29, 0.717) is 11.4 Å². The van der Waals surface area contributed by atoms with Crippen molar-refractivity contribution in [3.8, 4) is 5.75 Å². The maximum atomic E-state index is 12.1. The molecule has 20 heavy (non-hydrogen) atoms. The minimum absolute atomic E-state index is 0.251. The summed E-state index contributed by atoms with van der Waals surface area (Å²) in [6.45, 7) is 2.35. The van der Waals surface area contributed by atoms with Crippen LogP contribution in [-0.2, 0) is 17.8 Å². The quantitative estimate of drug-likeness (QED) is 0.678. The second-order valence-electron chi connectivity index (χ2n) is 4.22. The van der Waals surface area contributed by atoms with Gasteiger partial charge in [-0.1, -0.05) is 13.0 Å². The van der Waals surface area contributed by atoms with Gasteiger partial charge in [0.25, 0.3) is 0 Å². The lowest BCUT2D eigenvalue weighted by molar-refractivity contribution is 0.0474. The highest BCUT2D eigenvalue weighted by atomic mass is 32.1. The predicted octanol–water partition coefficient (Wildman–Crippen LogP) is 3.26. The molecule has 1 aromatic heterocycles. The molecule has 0 aliphatic rings. The third-order valence-electron chi connectivity index (χ3n) is 2.89. The zero-order valence-corrected chi connectivity index (χ0v) is 12.3. The summed E-state index contributed by atoms with van der Waals surface area (Å²) in [7, 11) is 1.50. The van der Waals surface area contributed by atoms with E-state index < -0.39 is 5.97 Å². The Balaban J connectivity index is 2.08. The summed E-state index contributed by atoms with van der Waals surface area (Å²) in [6.07, 6.45) is 0.984. The molecule has 0 aliphatic carbocycles. The number of nitrogen functional groups attached to an aromatic ring is 1. The van der Waals surface area contributed by atoms with Crippen LogP contribution in [0.1, 0.15) is 27.0 Å². The van der Waals surface area contributed by atoms with Crippen molar-refractivity contribution in [2.24, 2.45) is 0 Å². The first kappa shape index (κ1) is 14.4. The van der Waals surface area contributed by atoms with Crippen LogP contribution in [0.25, 0.3) is 0 Å². The van der Waals surface area contributed by atoms with Crippen LogP contribution >= 0.6 is 11.3 Å². The van der Waals surface area contributed by atoms with Gasteiger partial charge < -0.3 is 15.2 Å². The van der Waals surface area contributed by atoms with Crippen molar-refractivity contribution in [2.75, 3.05) is 12.8 Å². The van der Waals surface area contributed by atoms with Gasteiger partial charge in [0.1, 0.15) is 17.9 Å². The fourth-order valence-electron chi connectivity index (χ4n) is 1.84. The van der Waals surface area contributed by atoms with E-state index in [1.165, 1.54) is 12.0 Å². The fourth-order valence-corrected chi connectivity index (χ4v) is 2.71. The molecule has 1 aromatic carbocycles. The first-order chi connectivity index (χ1) is 9.65. The fraction of sp³-hybridized carbons (Fsp3) is 0.267. The van der Waals surface area contributed by atoms with E-state index >= 15 is 0 Å². The summed E-state index contributed by atoms with van der Waals surface area (Å²) in [5.41, 5.74) is 6.45. The molecule has 0 unspecified atom stereocenters. The molecule has 0 saturated carbocycles. The van der Waals surface area contributed by atoms with Crippen molar-refractivity contribution in [1.29, 1.82) is 0 Å². The van der Waals surface area contributed by atoms with Crippen LogP contribution < -0.4 is 10.5 Å². The highest BCUT2D eigenvalue weighted by Gasteiger charge is 2.17. The molecule has 0 saturated heterocycles. The Hall–Kier alpha value is -2.01. The third kappa shape index (κ3) is 3.11. The number of benzene rings is 1. The van der Waals surface area contributed by atoms with Crippen LogP contribution in [0.2, 0.25) is 0 Å². The monoisotopic (exact) mass is 291 g/mol. The van der Waals surface area contributed by atoms with Crippen molar-refractivity contribution in [3.63, 3.8) is 0 Å².